The molecule has 0 aliphatic heterocycles. The van der Waals surface area contributed by atoms with E-state index < -0.39 is 10.0 Å². The number of rotatable bonds is 7. The molecule has 2 aromatic rings. The van der Waals surface area contributed by atoms with Crippen molar-refractivity contribution in [1.29, 1.82) is 0 Å². The highest BCUT2D eigenvalue weighted by Crippen LogP contribution is 2.19. The van der Waals surface area contributed by atoms with Crippen molar-refractivity contribution < 1.29 is 8.42 Å². The molecule has 0 saturated carbocycles. The molecule has 1 aromatic heterocycles. The molecular formula is C16H24N4O2S. The lowest BCUT2D eigenvalue weighted by molar-refractivity contribution is 0.299. The summed E-state index contributed by atoms with van der Waals surface area (Å²) >= 11 is 0. The number of hydrogen-bond donors (Lipinski definition) is 1. The zero-order chi connectivity index (χ0) is 17.0. The van der Waals surface area contributed by atoms with Crippen LogP contribution in [0.25, 0.3) is 0 Å². The van der Waals surface area contributed by atoms with Crippen LogP contribution in [0.2, 0.25) is 0 Å². The molecule has 0 radical (unpaired) electrons. The number of nitrogens with one attached hydrogen (secondary N) is 1. The summed E-state index contributed by atoms with van der Waals surface area (Å²) in [6.45, 7) is 2.41. The van der Waals surface area contributed by atoms with Crippen LogP contribution in [-0.2, 0) is 23.5 Å². The number of aryl methyl sites for hydroxylation is 2. The number of aromatic nitrogens is 2. The predicted octanol–water partition coefficient (Wildman–Crippen LogP) is 1.56. The second kappa shape index (κ2) is 7.25. The van der Waals surface area contributed by atoms with Crippen LogP contribution in [0, 0.1) is 0 Å². The average Bonchev–Trinajstić information content (AvgIpc) is 2.95. The highest BCUT2D eigenvalue weighted by molar-refractivity contribution is 7.89. The van der Waals surface area contributed by atoms with Crippen LogP contribution < -0.4 is 4.72 Å². The Morgan fingerprint density at radius 3 is 2.39 bits per heavy atom. The van der Waals surface area contributed by atoms with Gasteiger partial charge in [-0.25, -0.2) is 13.1 Å². The van der Waals surface area contributed by atoms with E-state index in [-0.39, 0.29) is 10.9 Å². The smallest absolute Gasteiger partial charge is 0.243 e. The number of hydrogen-bond acceptors (Lipinski definition) is 4. The molecule has 0 fully saturated rings. The second-order valence-electron chi connectivity index (χ2n) is 5.78. The van der Waals surface area contributed by atoms with E-state index in [9.17, 15) is 8.42 Å². The average molecular weight is 336 g/mol. The van der Waals surface area contributed by atoms with Crippen LogP contribution in [0.1, 0.15) is 24.1 Å². The lowest BCUT2D eigenvalue weighted by atomic mass is 10.0. The first-order chi connectivity index (χ1) is 10.8. The summed E-state index contributed by atoms with van der Waals surface area (Å²) in [5.41, 5.74) is 2.35. The fourth-order valence-electron chi connectivity index (χ4n) is 2.38. The van der Waals surface area contributed by atoms with Gasteiger partial charge in [0.2, 0.25) is 10.0 Å². The Morgan fingerprint density at radius 1 is 1.26 bits per heavy atom. The van der Waals surface area contributed by atoms with Crippen LogP contribution in [-0.4, -0.2) is 43.7 Å². The van der Waals surface area contributed by atoms with Gasteiger partial charge >= 0.3 is 0 Å². The monoisotopic (exact) mass is 336 g/mol. The minimum atomic E-state index is -3.55. The largest absolute Gasteiger partial charge is 0.301 e. The maximum Gasteiger partial charge on any atom is 0.243 e. The molecule has 1 heterocycles. The molecule has 0 amide bonds. The van der Waals surface area contributed by atoms with Gasteiger partial charge in [0.05, 0.1) is 6.20 Å². The molecule has 23 heavy (non-hydrogen) atoms. The van der Waals surface area contributed by atoms with Crippen molar-refractivity contribution >= 4 is 10.0 Å². The standard InChI is InChI=1S/C16H24N4O2S/c1-5-13-6-8-14(9-7-13)16(19(2)3)11-18-23(21,22)15-10-17-20(4)12-15/h6-10,12,16,18H,5,11H2,1-4H3. The van der Waals surface area contributed by atoms with E-state index in [1.54, 1.807) is 7.05 Å². The molecule has 0 bridgehead atoms. The Hall–Kier alpha value is -1.70. The van der Waals surface area contributed by atoms with Gasteiger partial charge in [-0.2, -0.15) is 5.10 Å². The van der Waals surface area contributed by atoms with Gasteiger partial charge in [0.25, 0.3) is 0 Å². The van der Waals surface area contributed by atoms with Crippen molar-refractivity contribution in [2.24, 2.45) is 7.05 Å². The molecular weight excluding hydrogens is 312 g/mol. The van der Waals surface area contributed by atoms with Crippen LogP contribution in [0.4, 0.5) is 0 Å². The second-order valence-corrected chi connectivity index (χ2v) is 7.54. The Bertz CT molecular complexity index is 736. The lowest BCUT2D eigenvalue weighted by Crippen LogP contribution is -2.34. The van der Waals surface area contributed by atoms with E-state index in [0.717, 1.165) is 12.0 Å². The van der Waals surface area contributed by atoms with Gasteiger partial charge in [0, 0.05) is 25.8 Å². The maximum absolute atomic E-state index is 12.3. The molecule has 0 aliphatic rings. The normalized spacial score (nSPS) is 13.4. The molecule has 7 heteroatoms. The van der Waals surface area contributed by atoms with E-state index in [4.69, 9.17) is 0 Å². The summed E-state index contributed by atoms with van der Waals surface area (Å²) in [6.07, 6.45) is 3.83. The Balaban J connectivity index is 2.13. The van der Waals surface area contributed by atoms with Crippen LogP contribution in [0.5, 0.6) is 0 Å². The van der Waals surface area contributed by atoms with E-state index >= 15 is 0 Å². The molecule has 0 saturated heterocycles. The highest BCUT2D eigenvalue weighted by atomic mass is 32.2. The lowest BCUT2D eigenvalue weighted by Gasteiger charge is -2.25. The minimum Gasteiger partial charge on any atom is -0.301 e. The third kappa shape index (κ3) is 4.40. The number of benzene rings is 1. The van der Waals surface area contributed by atoms with Crippen molar-refractivity contribution in [2.45, 2.75) is 24.3 Å². The minimum absolute atomic E-state index is 0.0349. The maximum atomic E-state index is 12.3. The molecule has 6 nitrogen and oxygen atoms in total. The number of sulfonamides is 1. The zero-order valence-corrected chi connectivity index (χ0v) is 14.8. The fraction of sp³-hybridized carbons (Fsp3) is 0.438. The molecule has 1 aromatic carbocycles. The van der Waals surface area contributed by atoms with Gasteiger partial charge in [-0.05, 0) is 31.6 Å². The van der Waals surface area contributed by atoms with Gasteiger partial charge in [-0.3, -0.25) is 4.68 Å². The van der Waals surface area contributed by atoms with Crippen LogP contribution in [0.15, 0.2) is 41.6 Å². The summed E-state index contributed by atoms with van der Waals surface area (Å²) in [6, 6.07) is 8.25. The zero-order valence-electron chi connectivity index (χ0n) is 14.0. The number of nitrogens with zero attached hydrogens (tertiary/aromatic N) is 3. The first-order valence-corrected chi connectivity index (χ1v) is 9.05. The topological polar surface area (TPSA) is 67.2 Å². The van der Waals surface area contributed by atoms with Crippen molar-refractivity contribution in [1.82, 2.24) is 19.4 Å². The van der Waals surface area contributed by atoms with Crippen LogP contribution in [0.3, 0.4) is 0 Å². The summed E-state index contributed by atoms with van der Waals surface area (Å²) in [5.74, 6) is 0. The first kappa shape index (κ1) is 17.7. The molecule has 0 spiro atoms. The Kier molecular flexibility index (Phi) is 5.56. The molecule has 1 N–H and O–H groups in total. The third-order valence-electron chi connectivity index (χ3n) is 3.85. The number of likely N-dealkylation sites (N-methyl/N-ethyl adjacent to an activating group) is 1. The Labute approximate surface area is 138 Å². The quantitative estimate of drug-likeness (QED) is 0.833. The van der Waals surface area contributed by atoms with Crippen molar-refractivity contribution in [3.05, 3.63) is 47.8 Å². The summed E-state index contributed by atoms with van der Waals surface area (Å²) in [5, 5.41) is 3.91. The predicted molar refractivity (Wildman–Crippen MR) is 90.6 cm³/mol. The summed E-state index contributed by atoms with van der Waals surface area (Å²) < 4.78 is 28.8. The van der Waals surface area contributed by atoms with Gasteiger partial charge < -0.3 is 4.90 Å². The van der Waals surface area contributed by atoms with Gasteiger partial charge in [0.1, 0.15) is 4.90 Å². The van der Waals surface area contributed by atoms with E-state index in [1.165, 1.54) is 22.6 Å². The van der Waals surface area contributed by atoms with Crippen molar-refractivity contribution in [2.75, 3.05) is 20.6 Å². The first-order valence-electron chi connectivity index (χ1n) is 7.57. The molecule has 126 valence electrons. The third-order valence-corrected chi connectivity index (χ3v) is 5.23. The molecule has 2 rings (SSSR count). The molecule has 0 aliphatic carbocycles. The van der Waals surface area contributed by atoms with Gasteiger partial charge in [-0.1, -0.05) is 31.2 Å². The SMILES string of the molecule is CCc1ccc(C(CNS(=O)(=O)c2cnn(C)c2)N(C)C)cc1. The molecule has 1 atom stereocenters. The van der Waals surface area contributed by atoms with Crippen molar-refractivity contribution in [3.63, 3.8) is 0 Å². The van der Waals surface area contributed by atoms with Gasteiger partial charge in [-0.15, -0.1) is 0 Å². The van der Waals surface area contributed by atoms with Crippen LogP contribution >= 0.6 is 0 Å². The van der Waals surface area contributed by atoms with Crippen molar-refractivity contribution in [3.8, 4) is 0 Å². The molecule has 1 unspecified atom stereocenters. The summed E-state index contributed by atoms with van der Waals surface area (Å²) in [7, 11) is 2.03. The van der Waals surface area contributed by atoms with E-state index in [0.29, 0.717) is 6.54 Å². The van der Waals surface area contributed by atoms with E-state index in [1.807, 2.05) is 19.0 Å². The Morgan fingerprint density at radius 2 is 1.91 bits per heavy atom. The van der Waals surface area contributed by atoms with Gasteiger partial charge in [0.15, 0.2) is 0 Å². The fourth-order valence-corrected chi connectivity index (χ4v) is 3.40. The van der Waals surface area contributed by atoms with E-state index in [2.05, 4.69) is 41.0 Å². The highest BCUT2D eigenvalue weighted by Gasteiger charge is 2.20. The summed E-state index contributed by atoms with van der Waals surface area (Å²) in [4.78, 5) is 2.19.